The molecule has 114 valence electrons. The summed E-state index contributed by atoms with van der Waals surface area (Å²) in [6, 6.07) is 9.64. The van der Waals surface area contributed by atoms with E-state index in [4.69, 9.17) is 4.74 Å². The molecule has 1 N–H and O–H groups in total. The van der Waals surface area contributed by atoms with Crippen molar-refractivity contribution in [3.05, 3.63) is 35.9 Å². The lowest BCUT2D eigenvalue weighted by molar-refractivity contribution is -0.193. The molecule has 1 saturated heterocycles. The van der Waals surface area contributed by atoms with Gasteiger partial charge in [-0.15, -0.1) is 0 Å². The van der Waals surface area contributed by atoms with Gasteiger partial charge < -0.3 is 15.0 Å². The Kier molecular flexibility index (Phi) is 4.63. The highest BCUT2D eigenvalue weighted by molar-refractivity contribution is 5.96. The lowest BCUT2D eigenvalue weighted by Crippen LogP contribution is -2.68. The molecule has 2 amide bonds. The lowest BCUT2D eigenvalue weighted by atomic mass is 9.94. The van der Waals surface area contributed by atoms with E-state index in [1.165, 1.54) is 7.11 Å². The molecule has 1 aromatic rings. The molecule has 5 nitrogen and oxygen atoms in total. The fourth-order valence-electron chi connectivity index (χ4n) is 2.74. The van der Waals surface area contributed by atoms with Crippen LogP contribution in [0.4, 0.5) is 0 Å². The number of piperazine rings is 1. The maximum Gasteiger partial charge on any atom is 0.274 e. The van der Waals surface area contributed by atoms with Gasteiger partial charge in [-0.2, -0.15) is 0 Å². The van der Waals surface area contributed by atoms with E-state index >= 15 is 0 Å². The molecule has 1 heterocycles. The molecule has 1 aliphatic rings. The fourth-order valence-corrected chi connectivity index (χ4v) is 2.74. The molecule has 1 unspecified atom stereocenters. The van der Waals surface area contributed by atoms with Crippen molar-refractivity contribution in [3.8, 4) is 0 Å². The molecule has 21 heavy (non-hydrogen) atoms. The van der Waals surface area contributed by atoms with Crippen molar-refractivity contribution in [3.63, 3.8) is 0 Å². The average molecular weight is 290 g/mol. The van der Waals surface area contributed by atoms with Crippen molar-refractivity contribution in [2.75, 3.05) is 13.7 Å². The van der Waals surface area contributed by atoms with Gasteiger partial charge in [0.15, 0.2) is 0 Å². The van der Waals surface area contributed by atoms with E-state index in [9.17, 15) is 9.59 Å². The summed E-state index contributed by atoms with van der Waals surface area (Å²) in [5.74, 6) is -0.143. The van der Waals surface area contributed by atoms with Crippen LogP contribution < -0.4 is 5.32 Å². The SMILES string of the molecule is COC1(CC(C)C)C(=O)NCC(=O)N1Cc1ccccc1. The predicted molar refractivity (Wildman–Crippen MR) is 79.2 cm³/mol. The van der Waals surface area contributed by atoms with E-state index in [1.54, 1.807) is 4.90 Å². The standard InChI is InChI=1S/C16H22N2O3/c1-12(2)9-16(21-3)15(20)17-10-14(19)18(16)11-13-7-5-4-6-8-13/h4-8,12H,9-11H2,1-3H3,(H,17,20). The molecule has 1 aromatic carbocycles. The van der Waals surface area contributed by atoms with Crippen LogP contribution in [0.2, 0.25) is 0 Å². The maximum absolute atomic E-state index is 12.4. The van der Waals surface area contributed by atoms with Crippen LogP contribution >= 0.6 is 0 Å². The molecule has 1 atom stereocenters. The van der Waals surface area contributed by atoms with Crippen molar-refractivity contribution in [2.24, 2.45) is 5.92 Å². The minimum Gasteiger partial charge on any atom is -0.350 e. The second-order valence-corrected chi connectivity index (χ2v) is 5.73. The number of ether oxygens (including phenoxy) is 1. The number of hydrogen-bond acceptors (Lipinski definition) is 3. The van der Waals surface area contributed by atoms with Crippen molar-refractivity contribution < 1.29 is 14.3 Å². The smallest absolute Gasteiger partial charge is 0.274 e. The van der Waals surface area contributed by atoms with E-state index in [-0.39, 0.29) is 24.3 Å². The second kappa shape index (κ2) is 6.26. The third-order valence-corrected chi connectivity index (χ3v) is 3.70. The summed E-state index contributed by atoms with van der Waals surface area (Å²) in [7, 11) is 1.48. The molecule has 5 heteroatoms. The first-order valence-electron chi connectivity index (χ1n) is 7.17. The number of methoxy groups -OCH3 is 1. The number of rotatable bonds is 5. The van der Waals surface area contributed by atoms with Crippen LogP contribution in [-0.2, 0) is 20.9 Å². The van der Waals surface area contributed by atoms with Crippen molar-refractivity contribution in [1.29, 1.82) is 0 Å². The number of carbonyl (C=O) groups is 2. The average Bonchev–Trinajstić information content (AvgIpc) is 2.47. The monoisotopic (exact) mass is 290 g/mol. The van der Waals surface area contributed by atoms with Gasteiger partial charge in [-0.25, -0.2) is 0 Å². The summed E-state index contributed by atoms with van der Waals surface area (Å²) in [4.78, 5) is 26.3. The first-order chi connectivity index (χ1) is 9.99. The fraction of sp³-hybridized carbons (Fsp3) is 0.500. The normalized spacial score (nSPS) is 22.6. The van der Waals surface area contributed by atoms with E-state index in [1.807, 2.05) is 44.2 Å². The zero-order valence-corrected chi connectivity index (χ0v) is 12.8. The highest BCUT2D eigenvalue weighted by Crippen LogP contribution is 2.29. The third kappa shape index (κ3) is 3.08. The molecule has 0 spiro atoms. The zero-order chi connectivity index (χ0) is 15.5. The van der Waals surface area contributed by atoms with Gasteiger partial charge in [0.2, 0.25) is 11.6 Å². The summed E-state index contributed by atoms with van der Waals surface area (Å²) in [5, 5.41) is 2.64. The summed E-state index contributed by atoms with van der Waals surface area (Å²) >= 11 is 0. The van der Waals surface area contributed by atoms with Crippen LogP contribution in [0.5, 0.6) is 0 Å². The molecular formula is C16H22N2O3. The van der Waals surface area contributed by atoms with Crippen molar-refractivity contribution in [2.45, 2.75) is 32.5 Å². The summed E-state index contributed by atoms with van der Waals surface area (Å²) in [6.07, 6.45) is 0.466. The Morgan fingerprint density at radius 1 is 1.29 bits per heavy atom. The Labute approximate surface area is 125 Å². The first-order valence-corrected chi connectivity index (χ1v) is 7.17. The summed E-state index contributed by atoms with van der Waals surface area (Å²) in [5.41, 5.74) is -0.245. The molecular weight excluding hydrogens is 268 g/mol. The minimum atomic E-state index is -1.22. The summed E-state index contributed by atoms with van der Waals surface area (Å²) in [6.45, 7) is 4.41. The van der Waals surface area contributed by atoms with Gasteiger partial charge in [-0.3, -0.25) is 9.59 Å². The van der Waals surface area contributed by atoms with E-state index < -0.39 is 5.72 Å². The van der Waals surface area contributed by atoms with E-state index in [2.05, 4.69) is 5.32 Å². The van der Waals surface area contributed by atoms with Crippen LogP contribution in [0, 0.1) is 5.92 Å². The number of nitrogens with one attached hydrogen (secondary N) is 1. The van der Waals surface area contributed by atoms with Crippen LogP contribution in [-0.4, -0.2) is 36.1 Å². The van der Waals surface area contributed by atoms with Crippen molar-refractivity contribution >= 4 is 11.8 Å². The Bertz CT molecular complexity index is 516. The zero-order valence-electron chi connectivity index (χ0n) is 12.8. The second-order valence-electron chi connectivity index (χ2n) is 5.73. The number of carbonyl (C=O) groups excluding carboxylic acids is 2. The Balaban J connectivity index is 2.35. The van der Waals surface area contributed by atoms with Gasteiger partial charge in [-0.1, -0.05) is 44.2 Å². The van der Waals surface area contributed by atoms with Gasteiger partial charge in [0.1, 0.15) is 0 Å². The van der Waals surface area contributed by atoms with Gasteiger partial charge in [-0.05, 0) is 11.5 Å². The summed E-state index contributed by atoms with van der Waals surface area (Å²) < 4.78 is 5.55. The molecule has 1 aliphatic heterocycles. The predicted octanol–water partition coefficient (Wildman–Crippen LogP) is 1.53. The molecule has 0 aromatic heterocycles. The van der Waals surface area contributed by atoms with Crippen LogP contribution in [0.3, 0.4) is 0 Å². The number of nitrogens with zero attached hydrogens (tertiary/aromatic N) is 1. The van der Waals surface area contributed by atoms with Gasteiger partial charge in [0.05, 0.1) is 6.54 Å². The quantitative estimate of drug-likeness (QED) is 0.895. The highest BCUT2D eigenvalue weighted by atomic mass is 16.5. The Morgan fingerprint density at radius 2 is 1.95 bits per heavy atom. The van der Waals surface area contributed by atoms with Crippen LogP contribution in [0.1, 0.15) is 25.8 Å². The molecule has 0 aliphatic carbocycles. The molecule has 1 fully saturated rings. The maximum atomic E-state index is 12.4. The van der Waals surface area contributed by atoms with E-state index in [0.717, 1.165) is 5.56 Å². The topological polar surface area (TPSA) is 58.6 Å². The molecule has 0 radical (unpaired) electrons. The number of benzene rings is 1. The Morgan fingerprint density at radius 3 is 2.52 bits per heavy atom. The van der Waals surface area contributed by atoms with Gasteiger partial charge in [0, 0.05) is 20.1 Å². The highest BCUT2D eigenvalue weighted by Gasteiger charge is 2.50. The number of amides is 2. The first kappa shape index (κ1) is 15.5. The van der Waals surface area contributed by atoms with Crippen LogP contribution in [0.25, 0.3) is 0 Å². The minimum absolute atomic E-state index is 0.0227. The lowest BCUT2D eigenvalue weighted by Gasteiger charge is -2.45. The van der Waals surface area contributed by atoms with Gasteiger partial charge in [0.25, 0.3) is 5.91 Å². The Hall–Kier alpha value is -1.88. The van der Waals surface area contributed by atoms with E-state index in [0.29, 0.717) is 13.0 Å². The van der Waals surface area contributed by atoms with Crippen molar-refractivity contribution in [1.82, 2.24) is 10.2 Å². The molecule has 2 rings (SSSR count). The third-order valence-electron chi connectivity index (χ3n) is 3.70. The van der Waals surface area contributed by atoms with Gasteiger partial charge >= 0.3 is 0 Å². The molecule has 0 bridgehead atoms. The van der Waals surface area contributed by atoms with Crippen LogP contribution in [0.15, 0.2) is 30.3 Å². The number of hydrogen-bond donors (Lipinski definition) is 1. The molecule has 0 saturated carbocycles. The largest absolute Gasteiger partial charge is 0.350 e.